The van der Waals surface area contributed by atoms with Crippen LogP contribution in [0.15, 0.2) is 35.4 Å². The number of benzene rings is 1. The molecule has 0 bridgehead atoms. The fourth-order valence-corrected chi connectivity index (χ4v) is 2.47. The van der Waals surface area contributed by atoms with E-state index in [1.807, 2.05) is 0 Å². The topological polar surface area (TPSA) is 103 Å². The number of aryl methyl sites for hydroxylation is 1. The monoisotopic (exact) mass is 298 g/mol. The maximum atomic E-state index is 11.7. The zero-order valence-corrected chi connectivity index (χ0v) is 12.1. The summed E-state index contributed by atoms with van der Waals surface area (Å²) in [4.78, 5) is 23.2. The molecule has 1 aromatic carbocycles. The third-order valence-electron chi connectivity index (χ3n) is 3.55. The van der Waals surface area contributed by atoms with Crippen LogP contribution in [-0.2, 0) is 7.05 Å². The molecule has 3 N–H and O–H groups in total. The lowest BCUT2D eigenvalue weighted by Gasteiger charge is -2.12. The molecule has 7 nitrogen and oxygen atoms in total. The van der Waals surface area contributed by atoms with Gasteiger partial charge >= 0.3 is 0 Å². The van der Waals surface area contributed by atoms with Crippen molar-refractivity contribution in [2.45, 2.75) is 0 Å². The number of carbonyl (C=O) groups excluding carboxylic acids is 1. The minimum atomic E-state index is -0.567. The van der Waals surface area contributed by atoms with E-state index in [0.29, 0.717) is 27.8 Å². The molecular formula is C15H14N4O3. The van der Waals surface area contributed by atoms with E-state index in [2.05, 4.69) is 10.2 Å². The number of ether oxygens (including phenoxy) is 1. The minimum Gasteiger partial charge on any atom is -0.495 e. The summed E-state index contributed by atoms with van der Waals surface area (Å²) in [5, 5.41) is 7.36. The Morgan fingerprint density at radius 2 is 2.18 bits per heavy atom. The van der Waals surface area contributed by atoms with Gasteiger partial charge in [-0.15, -0.1) is 0 Å². The molecule has 0 fully saturated rings. The minimum absolute atomic E-state index is 0.123. The van der Waals surface area contributed by atoms with Crippen LogP contribution in [-0.4, -0.2) is 27.8 Å². The second-order valence-electron chi connectivity index (χ2n) is 4.89. The SMILES string of the molecule is COc1c(-c2ccc(=O)n(C)c2)cc(C(N)=O)c2[nH]ncc12. The molecule has 3 rings (SSSR count). The lowest BCUT2D eigenvalue weighted by molar-refractivity contribution is 0.100. The van der Waals surface area contributed by atoms with Crippen molar-refractivity contribution in [3.05, 3.63) is 46.5 Å². The van der Waals surface area contributed by atoms with Gasteiger partial charge in [-0.2, -0.15) is 5.10 Å². The normalized spacial score (nSPS) is 10.8. The molecule has 112 valence electrons. The van der Waals surface area contributed by atoms with Crippen LogP contribution < -0.4 is 16.0 Å². The number of hydrogen-bond donors (Lipinski definition) is 2. The number of H-pyrrole nitrogens is 1. The molecule has 0 unspecified atom stereocenters. The van der Waals surface area contributed by atoms with Crippen LogP contribution in [0, 0.1) is 0 Å². The maximum absolute atomic E-state index is 11.7. The van der Waals surface area contributed by atoms with Gasteiger partial charge in [0.15, 0.2) is 0 Å². The van der Waals surface area contributed by atoms with Crippen molar-refractivity contribution in [3.8, 4) is 16.9 Å². The number of carbonyl (C=O) groups is 1. The summed E-state index contributed by atoms with van der Waals surface area (Å²) in [6.45, 7) is 0. The number of primary amides is 1. The maximum Gasteiger partial charge on any atom is 0.250 e. The average molecular weight is 298 g/mol. The van der Waals surface area contributed by atoms with Gasteiger partial charge in [-0.1, -0.05) is 0 Å². The van der Waals surface area contributed by atoms with E-state index in [1.165, 1.54) is 17.7 Å². The fraction of sp³-hybridized carbons (Fsp3) is 0.133. The Morgan fingerprint density at radius 1 is 1.41 bits per heavy atom. The molecule has 0 atom stereocenters. The van der Waals surface area contributed by atoms with E-state index >= 15 is 0 Å². The predicted octanol–water partition coefficient (Wildman–Crippen LogP) is 1.04. The molecular weight excluding hydrogens is 284 g/mol. The van der Waals surface area contributed by atoms with E-state index in [1.54, 1.807) is 31.6 Å². The van der Waals surface area contributed by atoms with Gasteiger partial charge in [0.1, 0.15) is 5.75 Å². The van der Waals surface area contributed by atoms with Gasteiger partial charge in [0, 0.05) is 30.4 Å². The second-order valence-corrected chi connectivity index (χ2v) is 4.89. The van der Waals surface area contributed by atoms with Crippen LogP contribution in [0.5, 0.6) is 5.75 Å². The van der Waals surface area contributed by atoms with Crippen LogP contribution in [0.25, 0.3) is 22.0 Å². The Kier molecular flexibility index (Phi) is 3.17. The summed E-state index contributed by atoms with van der Waals surface area (Å²) in [6, 6.07) is 4.77. The van der Waals surface area contributed by atoms with Gasteiger partial charge in [-0.05, 0) is 12.1 Å². The summed E-state index contributed by atoms with van der Waals surface area (Å²) in [7, 11) is 3.20. The van der Waals surface area contributed by atoms with Gasteiger partial charge in [0.05, 0.1) is 29.8 Å². The summed E-state index contributed by atoms with van der Waals surface area (Å²) >= 11 is 0. The Hall–Kier alpha value is -3.09. The van der Waals surface area contributed by atoms with Crippen LogP contribution in [0.1, 0.15) is 10.4 Å². The number of hydrogen-bond acceptors (Lipinski definition) is 4. The van der Waals surface area contributed by atoms with E-state index < -0.39 is 5.91 Å². The van der Waals surface area contributed by atoms with Crippen molar-refractivity contribution < 1.29 is 9.53 Å². The number of methoxy groups -OCH3 is 1. The molecule has 0 radical (unpaired) electrons. The van der Waals surface area contributed by atoms with Crippen molar-refractivity contribution in [1.29, 1.82) is 0 Å². The Morgan fingerprint density at radius 3 is 2.82 bits per heavy atom. The Bertz CT molecular complexity index is 940. The Labute approximate surface area is 125 Å². The quantitative estimate of drug-likeness (QED) is 0.754. The second kappa shape index (κ2) is 5.03. The molecule has 0 aliphatic carbocycles. The highest BCUT2D eigenvalue weighted by Gasteiger charge is 2.18. The van der Waals surface area contributed by atoms with Crippen molar-refractivity contribution in [2.75, 3.05) is 7.11 Å². The lowest BCUT2D eigenvalue weighted by atomic mass is 9.99. The molecule has 7 heteroatoms. The molecule has 2 heterocycles. The average Bonchev–Trinajstić information content (AvgIpc) is 2.97. The number of aromatic nitrogens is 3. The number of nitrogens with zero attached hydrogens (tertiary/aromatic N) is 2. The van der Waals surface area contributed by atoms with Crippen molar-refractivity contribution in [2.24, 2.45) is 12.8 Å². The van der Waals surface area contributed by atoms with Gasteiger partial charge in [0.25, 0.3) is 5.91 Å². The molecule has 2 aromatic heterocycles. The van der Waals surface area contributed by atoms with Crippen molar-refractivity contribution in [3.63, 3.8) is 0 Å². The molecule has 3 aromatic rings. The first-order valence-electron chi connectivity index (χ1n) is 6.54. The molecule has 0 aliphatic rings. The first-order valence-corrected chi connectivity index (χ1v) is 6.54. The van der Waals surface area contributed by atoms with Gasteiger partial charge in [-0.25, -0.2) is 0 Å². The molecule has 0 aliphatic heterocycles. The smallest absolute Gasteiger partial charge is 0.250 e. The number of pyridine rings is 1. The van der Waals surface area contributed by atoms with Crippen LogP contribution >= 0.6 is 0 Å². The predicted molar refractivity (Wildman–Crippen MR) is 81.8 cm³/mol. The van der Waals surface area contributed by atoms with Crippen molar-refractivity contribution >= 4 is 16.8 Å². The summed E-state index contributed by atoms with van der Waals surface area (Å²) in [6.07, 6.45) is 3.25. The van der Waals surface area contributed by atoms with Crippen LogP contribution in [0.3, 0.4) is 0 Å². The highest BCUT2D eigenvalue weighted by atomic mass is 16.5. The van der Waals surface area contributed by atoms with Gasteiger partial charge < -0.3 is 15.0 Å². The lowest BCUT2D eigenvalue weighted by Crippen LogP contribution is -2.14. The van der Waals surface area contributed by atoms with Gasteiger partial charge in [0.2, 0.25) is 5.56 Å². The van der Waals surface area contributed by atoms with E-state index in [0.717, 1.165) is 5.56 Å². The summed E-state index contributed by atoms with van der Waals surface area (Å²) in [5.74, 6) is -0.00429. The van der Waals surface area contributed by atoms with Crippen molar-refractivity contribution in [1.82, 2.24) is 14.8 Å². The van der Waals surface area contributed by atoms with E-state index in [4.69, 9.17) is 10.5 Å². The van der Waals surface area contributed by atoms with Gasteiger partial charge in [-0.3, -0.25) is 14.7 Å². The number of rotatable bonds is 3. The number of nitrogens with two attached hydrogens (primary N) is 1. The summed E-state index contributed by atoms with van der Waals surface area (Å²) in [5.41, 5.74) is 7.58. The fourth-order valence-electron chi connectivity index (χ4n) is 2.47. The zero-order chi connectivity index (χ0) is 15.9. The van der Waals surface area contributed by atoms with Crippen LogP contribution in [0.2, 0.25) is 0 Å². The highest BCUT2D eigenvalue weighted by Crippen LogP contribution is 2.37. The first kappa shape index (κ1) is 13.9. The molecule has 0 saturated carbocycles. The largest absolute Gasteiger partial charge is 0.495 e. The van der Waals surface area contributed by atoms with Crippen LogP contribution in [0.4, 0.5) is 0 Å². The third-order valence-corrected chi connectivity index (χ3v) is 3.55. The molecule has 1 amide bonds. The highest BCUT2D eigenvalue weighted by molar-refractivity contribution is 6.09. The summed E-state index contributed by atoms with van der Waals surface area (Å²) < 4.78 is 6.93. The first-order chi connectivity index (χ1) is 10.5. The zero-order valence-electron chi connectivity index (χ0n) is 12.1. The number of nitrogens with one attached hydrogen (secondary N) is 1. The standard InChI is InChI=1S/C15H14N4O3/c1-19-7-8(3-4-12(19)20)9-5-10(15(16)21)13-11(6-17-18-13)14(9)22-2/h3-7H,1-2H3,(H2,16,21)(H,17,18). The van der Waals surface area contributed by atoms with E-state index in [9.17, 15) is 9.59 Å². The molecule has 0 saturated heterocycles. The number of aromatic amines is 1. The third kappa shape index (κ3) is 2.03. The van der Waals surface area contributed by atoms with E-state index in [-0.39, 0.29) is 5.56 Å². The number of fused-ring (bicyclic) bond motifs is 1. The molecule has 22 heavy (non-hydrogen) atoms. The Balaban J connectivity index is 2.39. The number of amides is 1. The molecule has 0 spiro atoms.